The lowest BCUT2D eigenvalue weighted by Gasteiger charge is -2.35. The lowest BCUT2D eigenvalue weighted by atomic mass is 9.89. The topological polar surface area (TPSA) is 52.9 Å². The smallest absolute Gasteiger partial charge is 0.126 e. The second kappa shape index (κ2) is 6.12. The molecule has 2 aromatic rings. The lowest BCUT2D eigenvalue weighted by molar-refractivity contribution is -0.0636. The highest BCUT2D eigenvalue weighted by Crippen LogP contribution is 2.29. The SMILES string of the molecule is OCC(O)(CN1CCOCC1)c1cccc2ccccc12. The molecule has 1 heterocycles. The molecule has 1 saturated heterocycles. The normalized spacial score (nSPS) is 19.5. The van der Waals surface area contributed by atoms with Gasteiger partial charge >= 0.3 is 0 Å². The van der Waals surface area contributed by atoms with Crippen LogP contribution in [0, 0.1) is 0 Å². The third-order valence-electron chi connectivity index (χ3n) is 4.14. The molecule has 2 aromatic carbocycles. The molecule has 1 unspecified atom stereocenters. The molecule has 0 saturated carbocycles. The van der Waals surface area contributed by atoms with Gasteiger partial charge in [-0.1, -0.05) is 42.5 Å². The van der Waals surface area contributed by atoms with Gasteiger partial charge in [-0.15, -0.1) is 0 Å². The van der Waals surface area contributed by atoms with Crippen LogP contribution in [-0.4, -0.2) is 54.6 Å². The summed E-state index contributed by atoms with van der Waals surface area (Å²) in [6, 6.07) is 13.8. The predicted octanol–water partition coefficient (Wildman–Crippen LogP) is 1.35. The number of hydrogen-bond donors (Lipinski definition) is 2. The minimum atomic E-state index is -1.25. The summed E-state index contributed by atoms with van der Waals surface area (Å²) in [5.41, 5.74) is -0.465. The van der Waals surface area contributed by atoms with Crippen molar-refractivity contribution in [2.45, 2.75) is 5.60 Å². The second-order valence-corrected chi connectivity index (χ2v) is 5.60. The summed E-state index contributed by atoms with van der Waals surface area (Å²) in [5, 5.41) is 22.9. The van der Waals surface area contributed by atoms with Gasteiger partial charge in [0.2, 0.25) is 0 Å². The molecule has 112 valence electrons. The Morgan fingerprint density at radius 1 is 1.05 bits per heavy atom. The van der Waals surface area contributed by atoms with Crippen molar-refractivity contribution < 1.29 is 14.9 Å². The van der Waals surface area contributed by atoms with E-state index in [4.69, 9.17) is 4.74 Å². The van der Waals surface area contributed by atoms with Gasteiger partial charge in [0, 0.05) is 19.6 Å². The van der Waals surface area contributed by atoms with Gasteiger partial charge in [-0.25, -0.2) is 0 Å². The van der Waals surface area contributed by atoms with Crippen LogP contribution in [-0.2, 0) is 10.3 Å². The molecule has 1 atom stereocenters. The van der Waals surface area contributed by atoms with E-state index in [1.165, 1.54) is 0 Å². The van der Waals surface area contributed by atoms with Crippen molar-refractivity contribution in [2.75, 3.05) is 39.5 Å². The van der Waals surface area contributed by atoms with Gasteiger partial charge in [0.25, 0.3) is 0 Å². The first kappa shape index (κ1) is 14.5. The van der Waals surface area contributed by atoms with Crippen molar-refractivity contribution in [2.24, 2.45) is 0 Å². The van der Waals surface area contributed by atoms with Gasteiger partial charge < -0.3 is 14.9 Å². The van der Waals surface area contributed by atoms with Gasteiger partial charge in [0.1, 0.15) is 5.60 Å². The van der Waals surface area contributed by atoms with Crippen LogP contribution in [0.2, 0.25) is 0 Å². The minimum absolute atomic E-state index is 0.293. The van der Waals surface area contributed by atoms with E-state index in [2.05, 4.69) is 4.90 Å². The Bertz CT molecular complexity index is 605. The van der Waals surface area contributed by atoms with Crippen molar-refractivity contribution >= 4 is 10.8 Å². The van der Waals surface area contributed by atoms with Gasteiger partial charge in [-0.05, 0) is 16.3 Å². The van der Waals surface area contributed by atoms with Crippen molar-refractivity contribution in [3.63, 3.8) is 0 Å². The van der Waals surface area contributed by atoms with Gasteiger partial charge in [0.05, 0.1) is 19.8 Å². The maximum absolute atomic E-state index is 11.0. The molecule has 4 heteroatoms. The maximum atomic E-state index is 11.0. The van der Waals surface area contributed by atoms with Crippen LogP contribution in [0.1, 0.15) is 5.56 Å². The molecule has 0 aromatic heterocycles. The van der Waals surface area contributed by atoms with Crippen LogP contribution >= 0.6 is 0 Å². The molecule has 0 radical (unpaired) electrons. The number of aliphatic hydroxyl groups excluding tert-OH is 1. The van der Waals surface area contributed by atoms with Crippen LogP contribution in [0.4, 0.5) is 0 Å². The third-order valence-corrected chi connectivity index (χ3v) is 4.14. The van der Waals surface area contributed by atoms with Crippen LogP contribution in [0.15, 0.2) is 42.5 Å². The first-order valence-electron chi connectivity index (χ1n) is 7.34. The van der Waals surface area contributed by atoms with Crippen molar-refractivity contribution in [3.8, 4) is 0 Å². The van der Waals surface area contributed by atoms with Crippen molar-refractivity contribution in [1.82, 2.24) is 4.90 Å². The lowest BCUT2D eigenvalue weighted by Crippen LogP contribution is -2.47. The molecular formula is C17H21NO3. The highest BCUT2D eigenvalue weighted by Gasteiger charge is 2.33. The fourth-order valence-electron chi connectivity index (χ4n) is 2.98. The summed E-state index contributed by atoms with van der Waals surface area (Å²) in [5.74, 6) is 0. The third kappa shape index (κ3) is 2.94. The maximum Gasteiger partial charge on any atom is 0.126 e. The summed E-state index contributed by atoms with van der Waals surface area (Å²) >= 11 is 0. The van der Waals surface area contributed by atoms with E-state index in [1.54, 1.807) is 0 Å². The Labute approximate surface area is 124 Å². The Morgan fingerprint density at radius 2 is 1.76 bits per heavy atom. The van der Waals surface area contributed by atoms with Crippen LogP contribution in [0.3, 0.4) is 0 Å². The number of rotatable bonds is 4. The number of aliphatic hydroxyl groups is 2. The molecule has 0 bridgehead atoms. The number of morpholine rings is 1. The number of fused-ring (bicyclic) bond motifs is 1. The van der Waals surface area contributed by atoms with E-state index in [9.17, 15) is 10.2 Å². The fraction of sp³-hybridized carbons (Fsp3) is 0.412. The predicted molar refractivity (Wildman–Crippen MR) is 82.2 cm³/mol. The van der Waals surface area contributed by atoms with E-state index >= 15 is 0 Å². The highest BCUT2D eigenvalue weighted by atomic mass is 16.5. The van der Waals surface area contributed by atoms with Gasteiger partial charge in [-0.3, -0.25) is 4.90 Å². The summed E-state index contributed by atoms with van der Waals surface area (Å²) < 4.78 is 5.34. The van der Waals surface area contributed by atoms with E-state index < -0.39 is 5.60 Å². The molecule has 1 aliphatic heterocycles. The zero-order valence-corrected chi connectivity index (χ0v) is 12.0. The molecule has 1 fully saturated rings. The molecule has 0 spiro atoms. The fourth-order valence-corrected chi connectivity index (χ4v) is 2.98. The molecule has 3 rings (SSSR count). The molecule has 0 amide bonds. The molecule has 4 nitrogen and oxygen atoms in total. The number of ether oxygens (including phenoxy) is 1. The average molecular weight is 287 g/mol. The molecular weight excluding hydrogens is 266 g/mol. The monoisotopic (exact) mass is 287 g/mol. The summed E-state index contributed by atoms with van der Waals surface area (Å²) in [6.07, 6.45) is 0. The van der Waals surface area contributed by atoms with E-state index in [-0.39, 0.29) is 6.61 Å². The Hall–Kier alpha value is -1.46. The standard InChI is InChI=1S/C17H21NO3/c19-13-17(20,12-18-8-10-21-11-9-18)16-7-3-5-14-4-1-2-6-15(14)16/h1-7,19-20H,8-13H2. The Kier molecular flexibility index (Phi) is 4.22. The first-order valence-corrected chi connectivity index (χ1v) is 7.34. The van der Waals surface area contributed by atoms with E-state index in [0.29, 0.717) is 19.8 Å². The summed E-state index contributed by atoms with van der Waals surface area (Å²) in [6.45, 7) is 3.05. The second-order valence-electron chi connectivity index (χ2n) is 5.60. The van der Waals surface area contributed by atoms with Gasteiger partial charge in [0.15, 0.2) is 0 Å². The number of benzene rings is 2. The average Bonchev–Trinajstić information content (AvgIpc) is 2.55. The van der Waals surface area contributed by atoms with Crippen molar-refractivity contribution in [1.29, 1.82) is 0 Å². The van der Waals surface area contributed by atoms with Gasteiger partial charge in [-0.2, -0.15) is 0 Å². The zero-order chi connectivity index (χ0) is 14.7. The molecule has 21 heavy (non-hydrogen) atoms. The van der Waals surface area contributed by atoms with Crippen LogP contribution in [0.25, 0.3) is 10.8 Å². The molecule has 1 aliphatic rings. The largest absolute Gasteiger partial charge is 0.393 e. The number of β-amino-alcohol motifs (C(OH)–C–C–N with tert-alkyl or cyclic N) is 1. The first-order chi connectivity index (χ1) is 10.2. The quantitative estimate of drug-likeness (QED) is 0.891. The molecule has 0 aliphatic carbocycles. The molecule has 2 N–H and O–H groups in total. The van der Waals surface area contributed by atoms with Crippen LogP contribution < -0.4 is 0 Å². The van der Waals surface area contributed by atoms with Crippen molar-refractivity contribution in [3.05, 3.63) is 48.0 Å². The Morgan fingerprint density at radius 3 is 2.52 bits per heavy atom. The number of nitrogens with zero attached hydrogens (tertiary/aromatic N) is 1. The summed E-state index contributed by atoms with van der Waals surface area (Å²) in [4.78, 5) is 2.14. The summed E-state index contributed by atoms with van der Waals surface area (Å²) in [7, 11) is 0. The minimum Gasteiger partial charge on any atom is -0.393 e. The zero-order valence-electron chi connectivity index (χ0n) is 12.0. The van der Waals surface area contributed by atoms with Crippen LogP contribution in [0.5, 0.6) is 0 Å². The van der Waals surface area contributed by atoms with E-state index in [1.807, 2.05) is 42.5 Å². The highest BCUT2D eigenvalue weighted by molar-refractivity contribution is 5.86. The number of hydrogen-bond acceptors (Lipinski definition) is 4. The Balaban J connectivity index is 1.96. The van der Waals surface area contributed by atoms with E-state index in [0.717, 1.165) is 29.4 Å².